The van der Waals surface area contributed by atoms with E-state index in [-0.39, 0.29) is 42.0 Å². The molecule has 6 heteroatoms. The van der Waals surface area contributed by atoms with Crippen LogP contribution in [0.2, 0.25) is 0 Å². The zero-order chi connectivity index (χ0) is 18.9. The van der Waals surface area contributed by atoms with Crippen molar-refractivity contribution < 1.29 is 28.8 Å². The van der Waals surface area contributed by atoms with Gasteiger partial charge in [-0.1, -0.05) is 17.7 Å². The van der Waals surface area contributed by atoms with Crippen molar-refractivity contribution in [2.24, 2.45) is 5.92 Å². The van der Waals surface area contributed by atoms with Crippen LogP contribution in [-0.2, 0) is 23.7 Å². The van der Waals surface area contributed by atoms with Crippen molar-refractivity contribution in [1.82, 2.24) is 0 Å². The van der Waals surface area contributed by atoms with Crippen LogP contribution in [0.15, 0.2) is 23.8 Å². The van der Waals surface area contributed by atoms with E-state index in [2.05, 4.69) is 26.8 Å². The van der Waals surface area contributed by atoms with E-state index in [1.165, 1.54) is 17.7 Å². The number of ether oxygens (including phenoxy) is 4. The van der Waals surface area contributed by atoms with Crippen molar-refractivity contribution in [2.45, 2.75) is 69.5 Å². The molecule has 3 fully saturated rings. The molecule has 1 N–H and O–H groups in total. The summed E-state index contributed by atoms with van der Waals surface area (Å²) in [6, 6.07) is 0. The summed E-state index contributed by atoms with van der Waals surface area (Å²) in [6.07, 6.45) is 6.72. The van der Waals surface area contributed by atoms with Crippen LogP contribution in [0.25, 0.3) is 0 Å². The molecular formula is C20H30O6. The Kier molecular flexibility index (Phi) is 5.58. The second kappa shape index (κ2) is 7.43. The summed E-state index contributed by atoms with van der Waals surface area (Å²) in [5.41, 5.74) is 0.711. The molecule has 0 amide bonds. The highest BCUT2D eigenvalue weighted by molar-refractivity contribution is 5.82. The van der Waals surface area contributed by atoms with E-state index in [1.54, 1.807) is 7.11 Å². The van der Waals surface area contributed by atoms with E-state index in [4.69, 9.17) is 24.1 Å². The van der Waals surface area contributed by atoms with E-state index in [0.717, 1.165) is 12.8 Å². The Bertz CT molecular complexity index is 589. The minimum absolute atomic E-state index is 0.0175. The van der Waals surface area contributed by atoms with Crippen molar-refractivity contribution in [2.75, 3.05) is 20.3 Å². The number of carbonyl (C=O) groups is 1. The maximum absolute atomic E-state index is 12.0. The molecule has 6 atom stereocenters. The number of aliphatic hydroxyl groups is 1. The van der Waals surface area contributed by atoms with Gasteiger partial charge < -0.3 is 24.1 Å². The lowest BCUT2D eigenvalue weighted by Crippen LogP contribution is -2.55. The number of carbonyl (C=O) groups excluding carboxylic acids is 1. The summed E-state index contributed by atoms with van der Waals surface area (Å²) in [4.78, 5) is 12.0. The minimum atomic E-state index is -0.458. The Morgan fingerprint density at radius 3 is 2.69 bits per heavy atom. The van der Waals surface area contributed by atoms with Gasteiger partial charge >= 0.3 is 5.97 Å². The molecular weight excluding hydrogens is 336 g/mol. The number of epoxide rings is 2. The number of aliphatic hydroxyl groups excluding tert-OH is 1. The standard InChI is InChI=1S/C20H30O6/c1-13(2)7-8-15-19(3,26-15)18-17(23-4)14(9-10-20(18)12-24-20)25-16(22)6-5-11-21/h5-7,14-15,17-18,21H,8-12H2,1-4H3. The Morgan fingerprint density at radius 2 is 2.12 bits per heavy atom. The molecule has 3 aliphatic rings. The molecule has 2 aliphatic heterocycles. The molecule has 0 aromatic heterocycles. The van der Waals surface area contributed by atoms with Crippen molar-refractivity contribution >= 4 is 5.97 Å². The average molecular weight is 366 g/mol. The summed E-state index contributed by atoms with van der Waals surface area (Å²) in [7, 11) is 1.65. The molecule has 1 aliphatic carbocycles. The van der Waals surface area contributed by atoms with Crippen molar-refractivity contribution in [1.29, 1.82) is 0 Å². The molecule has 3 rings (SSSR count). The number of hydrogen-bond donors (Lipinski definition) is 1. The van der Waals surface area contributed by atoms with Crippen LogP contribution in [0, 0.1) is 5.92 Å². The molecule has 2 heterocycles. The Hall–Kier alpha value is -1.21. The summed E-state index contributed by atoms with van der Waals surface area (Å²) in [6.45, 7) is 6.80. The lowest BCUT2D eigenvalue weighted by atomic mass is 9.68. The van der Waals surface area contributed by atoms with E-state index in [9.17, 15) is 4.79 Å². The number of allylic oxidation sites excluding steroid dienone is 1. The van der Waals surface area contributed by atoms with Gasteiger partial charge in [0.15, 0.2) is 0 Å². The first-order valence-electron chi connectivity index (χ1n) is 9.32. The lowest BCUT2D eigenvalue weighted by molar-refractivity contribution is -0.166. The average Bonchev–Trinajstić information content (AvgIpc) is 3.50. The van der Waals surface area contributed by atoms with E-state index in [0.29, 0.717) is 13.0 Å². The largest absolute Gasteiger partial charge is 0.456 e. The highest BCUT2D eigenvalue weighted by Gasteiger charge is 2.72. The SMILES string of the molecule is COC1C(OC(=O)C=CCO)CCC2(CO2)C1C1(C)OC1CC=C(C)C. The first-order valence-corrected chi connectivity index (χ1v) is 9.32. The van der Waals surface area contributed by atoms with Crippen LogP contribution in [0.1, 0.15) is 40.0 Å². The van der Waals surface area contributed by atoms with E-state index in [1.807, 2.05) is 0 Å². The number of rotatable bonds is 7. The Labute approximate surface area is 155 Å². The molecule has 6 nitrogen and oxygen atoms in total. The normalized spacial score (nSPS) is 41.3. The van der Waals surface area contributed by atoms with Crippen LogP contribution in [0.3, 0.4) is 0 Å². The molecule has 0 aromatic rings. The fourth-order valence-electron chi connectivity index (χ4n) is 4.41. The highest BCUT2D eigenvalue weighted by atomic mass is 16.6. The Balaban J connectivity index is 1.75. The van der Waals surface area contributed by atoms with Gasteiger partial charge in [0.2, 0.25) is 0 Å². The van der Waals surface area contributed by atoms with Crippen LogP contribution >= 0.6 is 0 Å². The molecule has 2 saturated heterocycles. The second-order valence-electron chi connectivity index (χ2n) is 7.94. The molecule has 0 bridgehead atoms. The van der Waals surface area contributed by atoms with Crippen molar-refractivity contribution in [3.63, 3.8) is 0 Å². The molecule has 1 spiro atoms. The van der Waals surface area contributed by atoms with Crippen LogP contribution in [0.5, 0.6) is 0 Å². The van der Waals surface area contributed by atoms with Gasteiger partial charge in [-0.2, -0.15) is 0 Å². The summed E-state index contributed by atoms with van der Waals surface area (Å²) < 4.78 is 23.4. The fraction of sp³-hybridized carbons (Fsp3) is 0.750. The van der Waals surface area contributed by atoms with Gasteiger partial charge in [0.25, 0.3) is 0 Å². The molecule has 1 saturated carbocycles. The zero-order valence-electron chi connectivity index (χ0n) is 16.1. The molecule has 0 aromatic carbocycles. The predicted octanol–water partition coefficient (Wildman–Crippen LogP) is 2.15. The van der Waals surface area contributed by atoms with Crippen molar-refractivity contribution in [3.8, 4) is 0 Å². The summed E-state index contributed by atoms with van der Waals surface area (Å²) in [5.74, 6) is -0.440. The van der Waals surface area contributed by atoms with Gasteiger partial charge in [0.05, 0.1) is 25.2 Å². The Morgan fingerprint density at radius 1 is 1.38 bits per heavy atom. The molecule has 26 heavy (non-hydrogen) atoms. The third-order valence-electron chi connectivity index (χ3n) is 5.86. The van der Waals surface area contributed by atoms with Gasteiger partial charge in [-0.05, 0) is 40.0 Å². The van der Waals surface area contributed by atoms with Crippen LogP contribution in [-0.4, -0.2) is 60.9 Å². The number of hydrogen-bond acceptors (Lipinski definition) is 6. The van der Waals surface area contributed by atoms with Crippen molar-refractivity contribution in [3.05, 3.63) is 23.8 Å². The predicted molar refractivity (Wildman–Crippen MR) is 95.6 cm³/mol. The fourth-order valence-corrected chi connectivity index (χ4v) is 4.41. The molecule has 0 radical (unpaired) electrons. The van der Waals surface area contributed by atoms with Gasteiger partial charge in [0, 0.05) is 13.2 Å². The summed E-state index contributed by atoms with van der Waals surface area (Å²) in [5, 5.41) is 8.81. The van der Waals surface area contributed by atoms with Crippen LogP contribution in [0.4, 0.5) is 0 Å². The van der Waals surface area contributed by atoms with E-state index < -0.39 is 5.97 Å². The monoisotopic (exact) mass is 366 g/mol. The second-order valence-corrected chi connectivity index (χ2v) is 7.94. The van der Waals surface area contributed by atoms with Gasteiger partial charge in [-0.3, -0.25) is 0 Å². The van der Waals surface area contributed by atoms with Gasteiger partial charge in [-0.25, -0.2) is 4.79 Å². The van der Waals surface area contributed by atoms with Gasteiger partial charge in [-0.15, -0.1) is 0 Å². The zero-order valence-corrected chi connectivity index (χ0v) is 16.1. The smallest absolute Gasteiger partial charge is 0.330 e. The molecule has 146 valence electrons. The number of esters is 1. The highest BCUT2D eigenvalue weighted by Crippen LogP contribution is 2.59. The third kappa shape index (κ3) is 3.74. The van der Waals surface area contributed by atoms with E-state index >= 15 is 0 Å². The minimum Gasteiger partial charge on any atom is -0.456 e. The number of methoxy groups -OCH3 is 1. The summed E-state index contributed by atoms with van der Waals surface area (Å²) >= 11 is 0. The maximum atomic E-state index is 12.0. The first-order chi connectivity index (χ1) is 12.4. The molecule has 6 unspecified atom stereocenters. The van der Waals surface area contributed by atoms with Crippen LogP contribution < -0.4 is 0 Å². The lowest BCUT2D eigenvalue weighted by Gasteiger charge is -2.42. The maximum Gasteiger partial charge on any atom is 0.330 e. The van der Waals surface area contributed by atoms with Gasteiger partial charge in [0.1, 0.15) is 23.4 Å². The topological polar surface area (TPSA) is 80.8 Å². The first kappa shape index (κ1) is 19.5. The third-order valence-corrected chi connectivity index (χ3v) is 5.86. The quantitative estimate of drug-likeness (QED) is 0.322.